The van der Waals surface area contributed by atoms with Crippen molar-refractivity contribution in [2.24, 2.45) is 5.92 Å². The van der Waals surface area contributed by atoms with E-state index in [1.165, 1.54) is 11.5 Å². The van der Waals surface area contributed by atoms with Gasteiger partial charge in [0.25, 0.3) is 0 Å². The maximum Gasteiger partial charge on any atom is 0.179 e. The third-order valence-electron chi connectivity index (χ3n) is 4.53. The molecule has 0 saturated carbocycles. The molecule has 0 amide bonds. The molecule has 0 aliphatic carbocycles. The van der Waals surface area contributed by atoms with Gasteiger partial charge in [0.05, 0.1) is 11.3 Å². The number of hydrogen-bond acceptors (Lipinski definition) is 6. The Hall–Kier alpha value is -0.460. The maximum absolute atomic E-state index is 12.9. The lowest BCUT2D eigenvalue weighted by molar-refractivity contribution is -0.0959. The van der Waals surface area contributed by atoms with Crippen molar-refractivity contribution < 1.29 is 9.53 Å². The molecule has 1 atom stereocenters. The quantitative estimate of drug-likeness (QED) is 0.794. The number of ketones is 1. The molecule has 6 heteroatoms. The zero-order valence-corrected chi connectivity index (χ0v) is 14.1. The van der Waals surface area contributed by atoms with Gasteiger partial charge in [0.2, 0.25) is 0 Å². The van der Waals surface area contributed by atoms with Gasteiger partial charge in [-0.3, -0.25) is 4.79 Å². The van der Waals surface area contributed by atoms with Gasteiger partial charge in [0, 0.05) is 12.5 Å². The number of carbonyl (C=O) groups is 1. The number of carbonyl (C=O) groups excluding carboxylic acids is 1. The van der Waals surface area contributed by atoms with E-state index in [0.717, 1.165) is 67.2 Å². The van der Waals surface area contributed by atoms with Gasteiger partial charge in [-0.1, -0.05) is 17.8 Å². The number of ether oxygens (including phenoxy) is 1. The van der Waals surface area contributed by atoms with Crippen LogP contribution in [0, 0.1) is 5.92 Å². The van der Waals surface area contributed by atoms with E-state index in [-0.39, 0.29) is 17.3 Å². The molecular weight excluding hydrogens is 304 g/mol. The summed E-state index contributed by atoms with van der Waals surface area (Å²) in [6.45, 7) is 2.83. The Bertz CT molecular complexity index is 492. The first-order valence-corrected chi connectivity index (χ1v) is 9.74. The second kappa shape index (κ2) is 6.75. The normalized spacial score (nSPS) is 25.1. The van der Waals surface area contributed by atoms with E-state index < -0.39 is 0 Å². The van der Waals surface area contributed by atoms with Gasteiger partial charge < -0.3 is 4.74 Å². The minimum absolute atomic E-state index is 0.0349. The highest BCUT2D eigenvalue weighted by atomic mass is 32.2. The summed E-state index contributed by atoms with van der Waals surface area (Å²) in [7, 11) is 0. The van der Waals surface area contributed by atoms with Gasteiger partial charge in [0.1, 0.15) is 4.88 Å². The van der Waals surface area contributed by atoms with Crippen LogP contribution in [0.1, 0.15) is 54.4 Å². The maximum atomic E-state index is 12.9. The molecule has 1 unspecified atom stereocenters. The minimum atomic E-state index is -0.0349. The second-order valence-electron chi connectivity index (χ2n) is 6.00. The number of aryl methyl sites for hydroxylation is 1. The fourth-order valence-electron chi connectivity index (χ4n) is 3.32. The van der Waals surface area contributed by atoms with Gasteiger partial charge in [-0.2, -0.15) is 11.8 Å². The topological polar surface area (TPSA) is 52.1 Å². The summed E-state index contributed by atoms with van der Waals surface area (Å²) >= 11 is 3.27. The Balaban J connectivity index is 1.73. The minimum Gasteiger partial charge on any atom is -0.375 e. The molecule has 0 N–H and O–H groups in total. The summed E-state index contributed by atoms with van der Waals surface area (Å²) in [5.74, 6) is 2.67. The predicted octanol–water partition coefficient (Wildman–Crippen LogP) is 3.37. The van der Waals surface area contributed by atoms with Crippen molar-refractivity contribution in [2.45, 2.75) is 51.0 Å². The van der Waals surface area contributed by atoms with E-state index in [9.17, 15) is 4.79 Å². The molecule has 2 aliphatic heterocycles. The Kier molecular flexibility index (Phi) is 4.96. The van der Waals surface area contributed by atoms with Gasteiger partial charge in [-0.25, -0.2) is 0 Å². The zero-order chi connectivity index (χ0) is 14.7. The SMILES string of the molecule is CCCc1nnsc1C(=O)C1CCOC2(CCSCC2)C1. The molecule has 2 saturated heterocycles. The van der Waals surface area contributed by atoms with Crippen molar-refractivity contribution in [2.75, 3.05) is 18.1 Å². The Morgan fingerprint density at radius 3 is 3.00 bits per heavy atom. The molecule has 1 aromatic rings. The van der Waals surface area contributed by atoms with Crippen molar-refractivity contribution in [1.82, 2.24) is 9.59 Å². The first-order valence-electron chi connectivity index (χ1n) is 7.81. The molecule has 1 aromatic heterocycles. The summed E-state index contributed by atoms with van der Waals surface area (Å²) in [5.41, 5.74) is 0.861. The molecule has 0 bridgehead atoms. The van der Waals surface area contributed by atoms with E-state index in [4.69, 9.17) is 4.74 Å². The second-order valence-corrected chi connectivity index (χ2v) is 7.98. The van der Waals surface area contributed by atoms with Crippen LogP contribution in [-0.4, -0.2) is 39.1 Å². The van der Waals surface area contributed by atoms with Crippen molar-refractivity contribution in [3.05, 3.63) is 10.6 Å². The lowest BCUT2D eigenvalue weighted by Gasteiger charge is -2.42. The van der Waals surface area contributed by atoms with Crippen LogP contribution in [0.5, 0.6) is 0 Å². The average molecular weight is 326 g/mol. The number of hydrogen-bond donors (Lipinski definition) is 0. The Labute approximate surface area is 134 Å². The van der Waals surface area contributed by atoms with Crippen molar-refractivity contribution in [3.63, 3.8) is 0 Å². The first-order chi connectivity index (χ1) is 10.2. The molecule has 0 aromatic carbocycles. The van der Waals surface area contributed by atoms with Crippen LogP contribution in [0.4, 0.5) is 0 Å². The number of nitrogens with zero attached hydrogens (tertiary/aromatic N) is 2. The van der Waals surface area contributed by atoms with Crippen LogP contribution >= 0.6 is 23.3 Å². The van der Waals surface area contributed by atoms with Crippen LogP contribution in [0.15, 0.2) is 0 Å². The van der Waals surface area contributed by atoms with Gasteiger partial charge in [0.15, 0.2) is 5.78 Å². The molecule has 1 spiro atoms. The average Bonchev–Trinajstić information content (AvgIpc) is 2.96. The monoisotopic (exact) mass is 326 g/mol. The van der Waals surface area contributed by atoms with Crippen LogP contribution < -0.4 is 0 Å². The Morgan fingerprint density at radius 2 is 2.24 bits per heavy atom. The largest absolute Gasteiger partial charge is 0.375 e. The van der Waals surface area contributed by atoms with E-state index in [1.54, 1.807) is 0 Å². The molecule has 4 nitrogen and oxygen atoms in total. The smallest absolute Gasteiger partial charge is 0.179 e. The summed E-state index contributed by atoms with van der Waals surface area (Å²) in [6, 6.07) is 0. The van der Waals surface area contributed by atoms with E-state index in [0.29, 0.717) is 0 Å². The number of aromatic nitrogens is 2. The lowest BCUT2D eigenvalue weighted by Crippen LogP contribution is -2.44. The van der Waals surface area contributed by atoms with Crippen LogP contribution in [-0.2, 0) is 11.2 Å². The number of Topliss-reactive ketones (excluding diaryl/α,β-unsaturated/α-hetero) is 1. The molecule has 21 heavy (non-hydrogen) atoms. The van der Waals surface area contributed by atoms with Crippen LogP contribution in [0.25, 0.3) is 0 Å². The summed E-state index contributed by atoms with van der Waals surface area (Å²) < 4.78 is 10.1. The fourth-order valence-corrected chi connectivity index (χ4v) is 5.29. The lowest BCUT2D eigenvalue weighted by atomic mass is 9.79. The number of rotatable bonds is 4. The van der Waals surface area contributed by atoms with Gasteiger partial charge >= 0.3 is 0 Å². The summed E-state index contributed by atoms with van der Waals surface area (Å²) in [6.07, 6.45) is 5.75. The summed E-state index contributed by atoms with van der Waals surface area (Å²) in [4.78, 5) is 13.6. The molecular formula is C15H22N2O2S2. The zero-order valence-electron chi connectivity index (χ0n) is 12.5. The highest BCUT2D eigenvalue weighted by Gasteiger charge is 2.41. The molecule has 116 valence electrons. The first kappa shape index (κ1) is 15.4. The van der Waals surface area contributed by atoms with Gasteiger partial charge in [-0.15, -0.1) is 5.10 Å². The predicted molar refractivity (Wildman–Crippen MR) is 86.2 cm³/mol. The number of thioether (sulfide) groups is 1. The molecule has 3 rings (SSSR count). The van der Waals surface area contributed by atoms with Crippen molar-refractivity contribution >= 4 is 29.1 Å². The third kappa shape index (κ3) is 3.32. The summed E-state index contributed by atoms with van der Waals surface area (Å²) in [5, 5.41) is 4.14. The van der Waals surface area contributed by atoms with Crippen LogP contribution in [0.2, 0.25) is 0 Å². The third-order valence-corrected chi connectivity index (χ3v) is 6.30. The van der Waals surface area contributed by atoms with E-state index in [2.05, 4.69) is 16.5 Å². The van der Waals surface area contributed by atoms with E-state index >= 15 is 0 Å². The molecule has 2 aliphatic rings. The highest BCUT2D eigenvalue weighted by molar-refractivity contribution is 7.99. The van der Waals surface area contributed by atoms with Gasteiger partial charge in [-0.05, 0) is 55.1 Å². The fraction of sp³-hybridized carbons (Fsp3) is 0.800. The molecule has 0 radical (unpaired) electrons. The van der Waals surface area contributed by atoms with Crippen molar-refractivity contribution in [3.8, 4) is 0 Å². The molecule has 3 heterocycles. The standard InChI is InChI=1S/C15H22N2O2S2/c1-2-3-12-14(21-17-16-12)13(18)11-4-7-19-15(10-11)5-8-20-9-6-15/h11H,2-10H2,1H3. The van der Waals surface area contributed by atoms with E-state index in [1.807, 2.05) is 11.8 Å². The Morgan fingerprint density at radius 1 is 1.43 bits per heavy atom. The van der Waals surface area contributed by atoms with Crippen molar-refractivity contribution in [1.29, 1.82) is 0 Å². The van der Waals surface area contributed by atoms with Crippen LogP contribution in [0.3, 0.4) is 0 Å². The highest BCUT2D eigenvalue weighted by Crippen LogP contribution is 2.41. The molecule has 2 fully saturated rings.